The maximum absolute atomic E-state index is 13.3. The summed E-state index contributed by atoms with van der Waals surface area (Å²) in [5, 5.41) is 3.03. The van der Waals surface area contributed by atoms with Crippen LogP contribution in [0, 0.1) is 5.82 Å². The van der Waals surface area contributed by atoms with Gasteiger partial charge in [-0.25, -0.2) is 4.39 Å². The Morgan fingerprint density at radius 1 is 1.39 bits per heavy atom. The van der Waals surface area contributed by atoms with Gasteiger partial charge in [0.1, 0.15) is 0 Å². The van der Waals surface area contributed by atoms with Gasteiger partial charge < -0.3 is 10.1 Å². The molecule has 0 amide bonds. The van der Waals surface area contributed by atoms with Gasteiger partial charge >= 0.3 is 6.61 Å². The molecule has 0 aromatic heterocycles. The number of thioether (sulfide) groups is 1. The highest BCUT2D eigenvalue weighted by molar-refractivity contribution is 7.99. The maximum atomic E-state index is 13.3. The van der Waals surface area contributed by atoms with Gasteiger partial charge in [0.05, 0.1) is 0 Å². The minimum absolute atomic E-state index is 0.433. The summed E-state index contributed by atoms with van der Waals surface area (Å²) in [6, 6.07) is 3.88. The Kier molecular flexibility index (Phi) is 6.78. The van der Waals surface area contributed by atoms with Gasteiger partial charge in [-0.05, 0) is 30.1 Å². The molecule has 1 N–H and O–H groups in total. The summed E-state index contributed by atoms with van der Waals surface area (Å²) >= 11 is 1.84. The fourth-order valence-corrected chi connectivity index (χ4v) is 1.99. The average Bonchev–Trinajstić information content (AvgIpc) is 2.32. The molecule has 0 heterocycles. The van der Waals surface area contributed by atoms with Crippen LogP contribution in [0.3, 0.4) is 0 Å². The van der Waals surface area contributed by atoms with E-state index in [1.807, 2.05) is 11.8 Å². The summed E-state index contributed by atoms with van der Waals surface area (Å²) in [5.41, 5.74) is 0.565. The summed E-state index contributed by atoms with van der Waals surface area (Å²) in [4.78, 5) is 0. The third-order valence-electron chi connectivity index (χ3n) is 2.15. The Morgan fingerprint density at radius 3 is 2.78 bits per heavy atom. The van der Waals surface area contributed by atoms with E-state index in [2.05, 4.69) is 17.0 Å². The maximum Gasteiger partial charge on any atom is 0.387 e. The molecule has 0 aliphatic heterocycles. The second-order valence-corrected chi connectivity index (χ2v) is 4.89. The largest absolute Gasteiger partial charge is 0.432 e. The molecule has 1 rings (SSSR count). The van der Waals surface area contributed by atoms with E-state index < -0.39 is 18.2 Å². The van der Waals surface area contributed by atoms with Crippen molar-refractivity contribution in [1.29, 1.82) is 0 Å². The van der Waals surface area contributed by atoms with E-state index in [1.54, 1.807) is 0 Å². The van der Waals surface area contributed by atoms with Crippen molar-refractivity contribution in [3.05, 3.63) is 24.0 Å². The van der Waals surface area contributed by atoms with Crippen molar-refractivity contribution in [3.8, 4) is 5.75 Å². The van der Waals surface area contributed by atoms with Crippen LogP contribution in [0.1, 0.15) is 13.3 Å². The van der Waals surface area contributed by atoms with Gasteiger partial charge in [-0.15, -0.1) is 0 Å². The van der Waals surface area contributed by atoms with Crippen LogP contribution < -0.4 is 10.1 Å². The third kappa shape index (κ3) is 5.53. The molecule has 0 aliphatic carbocycles. The topological polar surface area (TPSA) is 21.3 Å². The van der Waals surface area contributed by atoms with Crippen LogP contribution in [0.2, 0.25) is 0 Å². The summed E-state index contributed by atoms with van der Waals surface area (Å²) in [6.07, 6.45) is 0.968. The number of hydrogen-bond acceptors (Lipinski definition) is 3. The highest BCUT2D eigenvalue weighted by Gasteiger charge is 2.09. The Balaban J connectivity index is 2.41. The molecular formula is C12H16F3NOS. The molecule has 0 atom stereocenters. The zero-order valence-electron chi connectivity index (χ0n) is 10.1. The van der Waals surface area contributed by atoms with E-state index in [9.17, 15) is 13.2 Å². The van der Waals surface area contributed by atoms with Crippen molar-refractivity contribution in [3.63, 3.8) is 0 Å². The Hall–Kier alpha value is -1.04. The van der Waals surface area contributed by atoms with Crippen LogP contribution in [0.25, 0.3) is 0 Å². The lowest BCUT2D eigenvalue weighted by molar-refractivity contribution is -0.0521. The molecule has 18 heavy (non-hydrogen) atoms. The van der Waals surface area contributed by atoms with Gasteiger partial charge in [-0.1, -0.05) is 6.92 Å². The van der Waals surface area contributed by atoms with E-state index in [1.165, 1.54) is 12.1 Å². The number of benzene rings is 1. The first-order valence-electron chi connectivity index (χ1n) is 5.69. The van der Waals surface area contributed by atoms with Crippen LogP contribution in [0.5, 0.6) is 5.75 Å². The SMILES string of the molecule is CCSCCCNc1ccc(OC(F)F)c(F)c1. The summed E-state index contributed by atoms with van der Waals surface area (Å²) < 4.78 is 41.2. The zero-order valence-corrected chi connectivity index (χ0v) is 10.9. The molecule has 0 unspecified atom stereocenters. The number of alkyl halides is 2. The van der Waals surface area contributed by atoms with E-state index in [-0.39, 0.29) is 0 Å². The molecule has 0 bridgehead atoms. The predicted molar refractivity (Wildman–Crippen MR) is 69.1 cm³/mol. The number of rotatable bonds is 8. The lowest BCUT2D eigenvalue weighted by Crippen LogP contribution is -2.06. The van der Waals surface area contributed by atoms with Gasteiger partial charge in [0, 0.05) is 18.3 Å². The first-order valence-corrected chi connectivity index (χ1v) is 6.85. The van der Waals surface area contributed by atoms with Crippen molar-refractivity contribution < 1.29 is 17.9 Å². The molecule has 6 heteroatoms. The lowest BCUT2D eigenvalue weighted by atomic mass is 10.3. The van der Waals surface area contributed by atoms with Gasteiger partial charge in [0.25, 0.3) is 0 Å². The lowest BCUT2D eigenvalue weighted by Gasteiger charge is -2.09. The number of ether oxygens (including phenoxy) is 1. The standard InChI is InChI=1S/C12H16F3NOS/c1-2-18-7-3-6-16-9-4-5-11(10(13)8-9)17-12(14)15/h4-5,8,12,16H,2-3,6-7H2,1H3. The Morgan fingerprint density at radius 2 is 2.17 bits per heavy atom. The van der Waals surface area contributed by atoms with E-state index in [0.29, 0.717) is 5.69 Å². The molecule has 1 aromatic carbocycles. The van der Waals surface area contributed by atoms with Gasteiger partial charge in [-0.2, -0.15) is 20.5 Å². The number of hydrogen-bond donors (Lipinski definition) is 1. The minimum atomic E-state index is -3.01. The molecule has 0 saturated heterocycles. The zero-order chi connectivity index (χ0) is 13.4. The molecular weight excluding hydrogens is 263 g/mol. The smallest absolute Gasteiger partial charge is 0.387 e. The van der Waals surface area contributed by atoms with Gasteiger partial charge in [-0.3, -0.25) is 0 Å². The van der Waals surface area contributed by atoms with Gasteiger partial charge in [0.15, 0.2) is 11.6 Å². The monoisotopic (exact) mass is 279 g/mol. The Labute approximate surface area is 109 Å². The third-order valence-corrected chi connectivity index (χ3v) is 3.13. The first kappa shape index (κ1) is 15.0. The van der Waals surface area contributed by atoms with E-state index in [0.717, 1.165) is 30.5 Å². The highest BCUT2D eigenvalue weighted by Crippen LogP contribution is 2.22. The minimum Gasteiger partial charge on any atom is -0.432 e. The quantitative estimate of drug-likeness (QED) is 0.727. The molecule has 0 saturated carbocycles. The van der Waals surface area contributed by atoms with Gasteiger partial charge in [0.2, 0.25) is 0 Å². The molecule has 0 radical (unpaired) electrons. The van der Waals surface area contributed by atoms with E-state index in [4.69, 9.17) is 0 Å². The number of anilines is 1. The van der Waals surface area contributed by atoms with Crippen molar-refractivity contribution in [2.45, 2.75) is 20.0 Å². The normalized spacial score (nSPS) is 10.7. The van der Waals surface area contributed by atoms with Crippen LogP contribution in [0.15, 0.2) is 18.2 Å². The second-order valence-electron chi connectivity index (χ2n) is 3.50. The molecule has 1 aromatic rings. The fraction of sp³-hybridized carbons (Fsp3) is 0.500. The summed E-state index contributed by atoms with van der Waals surface area (Å²) in [7, 11) is 0. The molecule has 102 valence electrons. The predicted octanol–water partition coefficient (Wildman–Crippen LogP) is 3.98. The van der Waals surface area contributed by atoms with Crippen LogP contribution >= 0.6 is 11.8 Å². The van der Waals surface area contributed by atoms with Crippen molar-refractivity contribution in [1.82, 2.24) is 0 Å². The summed E-state index contributed by atoms with van der Waals surface area (Å²) in [6.45, 7) is -0.194. The van der Waals surface area contributed by atoms with Crippen LogP contribution in [-0.2, 0) is 0 Å². The van der Waals surface area contributed by atoms with Crippen LogP contribution in [-0.4, -0.2) is 24.7 Å². The number of halogens is 3. The fourth-order valence-electron chi connectivity index (χ4n) is 1.35. The van der Waals surface area contributed by atoms with Crippen molar-refractivity contribution in [2.75, 3.05) is 23.4 Å². The van der Waals surface area contributed by atoms with E-state index >= 15 is 0 Å². The molecule has 2 nitrogen and oxygen atoms in total. The molecule has 0 fully saturated rings. The second kappa shape index (κ2) is 8.13. The van der Waals surface area contributed by atoms with Crippen molar-refractivity contribution >= 4 is 17.4 Å². The first-order chi connectivity index (χ1) is 8.63. The van der Waals surface area contributed by atoms with Crippen molar-refractivity contribution in [2.24, 2.45) is 0 Å². The van der Waals surface area contributed by atoms with Crippen LogP contribution in [0.4, 0.5) is 18.9 Å². The highest BCUT2D eigenvalue weighted by atomic mass is 32.2. The average molecular weight is 279 g/mol. The number of nitrogens with one attached hydrogen (secondary N) is 1. The molecule has 0 spiro atoms. The summed E-state index contributed by atoms with van der Waals surface area (Å²) in [5.74, 6) is 0.896. The molecule has 0 aliphatic rings. The Bertz CT molecular complexity index is 363.